The van der Waals surface area contributed by atoms with Crippen molar-refractivity contribution in [1.29, 1.82) is 5.26 Å². The van der Waals surface area contributed by atoms with Crippen LogP contribution in [0, 0.1) is 11.3 Å². The van der Waals surface area contributed by atoms with Crippen molar-refractivity contribution in [3.8, 4) is 6.07 Å². The van der Waals surface area contributed by atoms with Crippen LogP contribution < -0.4 is 4.72 Å². The van der Waals surface area contributed by atoms with Crippen LogP contribution in [0.4, 0.5) is 5.69 Å². The number of carbonyl (C=O) groups excluding carboxylic acids is 1. The number of anilines is 1. The van der Waals surface area contributed by atoms with Crippen LogP contribution in [-0.4, -0.2) is 47.0 Å². The lowest BCUT2D eigenvalue weighted by atomic mass is 9.89. The Hall–Kier alpha value is -3.68. The number of carbonyl (C=O) groups is 1. The number of hydrogen-bond donors (Lipinski definition) is 1. The third kappa shape index (κ3) is 6.56. The van der Waals surface area contributed by atoms with E-state index in [9.17, 15) is 21.6 Å². The van der Waals surface area contributed by atoms with E-state index in [1.807, 2.05) is 12.1 Å². The van der Waals surface area contributed by atoms with Crippen molar-refractivity contribution in [2.24, 2.45) is 0 Å². The van der Waals surface area contributed by atoms with Gasteiger partial charge in [0.2, 0.25) is 10.0 Å². The van der Waals surface area contributed by atoms with Gasteiger partial charge in [-0.2, -0.15) is 5.26 Å². The molecule has 0 aromatic heterocycles. The summed E-state index contributed by atoms with van der Waals surface area (Å²) >= 11 is 0. The summed E-state index contributed by atoms with van der Waals surface area (Å²) in [6, 6.07) is 22.1. The average molecular weight is 538 g/mol. The summed E-state index contributed by atoms with van der Waals surface area (Å²) in [6.45, 7) is 1.01. The van der Waals surface area contributed by atoms with E-state index in [2.05, 4.69) is 10.8 Å². The van der Waals surface area contributed by atoms with E-state index in [0.29, 0.717) is 24.2 Å². The number of rotatable bonds is 7. The van der Waals surface area contributed by atoms with E-state index in [0.717, 1.165) is 24.7 Å². The standard InChI is InChI=1S/C27H27N3O5S2/c1-36(32,33)26-12-11-24(17-25(26)29-37(34,35)19-21-5-3-2-4-6-21)27(31)30-15-13-23(14-16-30)22-9-7-20(18-28)8-10-22/h2-12,17,23,29H,13-16,19H2,1H3. The zero-order chi connectivity index (χ0) is 26.6. The molecule has 37 heavy (non-hydrogen) atoms. The summed E-state index contributed by atoms with van der Waals surface area (Å²) in [5.74, 6) is -0.357. The van der Waals surface area contributed by atoms with Crippen molar-refractivity contribution >= 4 is 31.5 Å². The fourth-order valence-electron chi connectivity index (χ4n) is 4.49. The van der Waals surface area contributed by atoms with Crippen molar-refractivity contribution in [2.45, 2.75) is 29.4 Å². The second-order valence-electron chi connectivity index (χ2n) is 9.13. The smallest absolute Gasteiger partial charge is 0.253 e. The van der Waals surface area contributed by atoms with Gasteiger partial charge in [-0.3, -0.25) is 9.52 Å². The molecule has 0 atom stereocenters. The van der Waals surface area contributed by atoms with Gasteiger partial charge in [0.05, 0.1) is 28.0 Å². The zero-order valence-electron chi connectivity index (χ0n) is 20.3. The van der Waals surface area contributed by atoms with Crippen LogP contribution in [0.15, 0.2) is 77.7 Å². The number of nitrogens with zero attached hydrogens (tertiary/aromatic N) is 2. The predicted octanol–water partition coefficient (Wildman–Crippen LogP) is 3.92. The first-order valence-electron chi connectivity index (χ1n) is 11.7. The molecule has 1 saturated heterocycles. The van der Waals surface area contributed by atoms with Gasteiger partial charge in [-0.15, -0.1) is 0 Å². The van der Waals surface area contributed by atoms with Crippen LogP contribution in [0.25, 0.3) is 0 Å². The Balaban J connectivity index is 1.52. The van der Waals surface area contributed by atoms with Crippen molar-refractivity contribution < 1.29 is 21.6 Å². The Morgan fingerprint density at radius 2 is 1.62 bits per heavy atom. The third-order valence-electron chi connectivity index (χ3n) is 6.38. The SMILES string of the molecule is CS(=O)(=O)c1ccc(C(=O)N2CCC(c3ccc(C#N)cc3)CC2)cc1NS(=O)(=O)Cc1ccccc1. The molecule has 8 nitrogen and oxygen atoms in total. The molecule has 4 rings (SSSR count). The Kier molecular flexibility index (Phi) is 7.66. The van der Waals surface area contributed by atoms with Gasteiger partial charge in [0.15, 0.2) is 9.84 Å². The van der Waals surface area contributed by atoms with Crippen molar-refractivity contribution in [2.75, 3.05) is 24.1 Å². The maximum absolute atomic E-state index is 13.3. The van der Waals surface area contributed by atoms with Crippen molar-refractivity contribution in [3.63, 3.8) is 0 Å². The molecule has 1 heterocycles. The minimum Gasteiger partial charge on any atom is -0.339 e. The second-order valence-corrected chi connectivity index (χ2v) is 12.8. The molecule has 3 aromatic rings. The summed E-state index contributed by atoms with van der Waals surface area (Å²) in [6.07, 6.45) is 2.48. The van der Waals surface area contributed by atoms with Gasteiger partial charge < -0.3 is 4.90 Å². The molecular formula is C27H27N3O5S2. The first kappa shape index (κ1) is 26.4. The number of nitriles is 1. The molecule has 192 valence electrons. The van der Waals surface area contributed by atoms with Crippen LogP contribution in [0.5, 0.6) is 0 Å². The van der Waals surface area contributed by atoms with Crippen LogP contribution in [0.3, 0.4) is 0 Å². The molecule has 0 radical (unpaired) electrons. The topological polar surface area (TPSA) is 124 Å². The van der Waals surface area contributed by atoms with Gasteiger partial charge in [-0.25, -0.2) is 16.8 Å². The number of sulfone groups is 1. The minimum atomic E-state index is -3.94. The molecule has 1 amide bonds. The molecule has 0 unspecified atom stereocenters. The average Bonchev–Trinajstić information content (AvgIpc) is 2.88. The molecule has 1 N–H and O–H groups in total. The number of benzene rings is 3. The molecule has 0 bridgehead atoms. The highest BCUT2D eigenvalue weighted by Gasteiger charge is 2.26. The summed E-state index contributed by atoms with van der Waals surface area (Å²) in [5.41, 5.74) is 2.34. The first-order chi connectivity index (χ1) is 17.6. The minimum absolute atomic E-state index is 0.142. The number of hydrogen-bond acceptors (Lipinski definition) is 6. The number of likely N-dealkylation sites (tertiary alicyclic amines) is 1. The Morgan fingerprint density at radius 3 is 2.22 bits per heavy atom. The van der Waals surface area contributed by atoms with Gasteiger partial charge >= 0.3 is 0 Å². The van der Waals surface area contributed by atoms with E-state index >= 15 is 0 Å². The zero-order valence-corrected chi connectivity index (χ0v) is 21.9. The van der Waals surface area contributed by atoms with Crippen molar-refractivity contribution in [1.82, 2.24) is 4.90 Å². The van der Waals surface area contributed by atoms with E-state index in [1.165, 1.54) is 18.2 Å². The van der Waals surface area contributed by atoms with Gasteiger partial charge in [-0.1, -0.05) is 42.5 Å². The molecule has 10 heteroatoms. The van der Waals surface area contributed by atoms with Crippen LogP contribution in [0.1, 0.15) is 45.8 Å². The Labute approximate surface area is 217 Å². The lowest BCUT2D eigenvalue weighted by Gasteiger charge is -2.32. The van der Waals surface area contributed by atoms with Gasteiger partial charge in [-0.05, 0) is 60.2 Å². The lowest BCUT2D eigenvalue weighted by molar-refractivity contribution is 0.0713. The van der Waals surface area contributed by atoms with Crippen molar-refractivity contribution in [3.05, 3.63) is 95.1 Å². The lowest BCUT2D eigenvalue weighted by Crippen LogP contribution is -2.38. The highest BCUT2D eigenvalue weighted by atomic mass is 32.2. The number of amides is 1. The molecule has 1 fully saturated rings. The monoisotopic (exact) mass is 537 g/mol. The fraction of sp³-hybridized carbons (Fsp3) is 0.259. The molecule has 0 aliphatic carbocycles. The largest absolute Gasteiger partial charge is 0.339 e. The van der Waals surface area contributed by atoms with Crippen LogP contribution >= 0.6 is 0 Å². The van der Waals surface area contributed by atoms with Gasteiger partial charge in [0.1, 0.15) is 0 Å². The van der Waals surface area contributed by atoms with E-state index in [1.54, 1.807) is 47.4 Å². The van der Waals surface area contributed by atoms with Gasteiger partial charge in [0, 0.05) is 24.9 Å². The highest BCUT2D eigenvalue weighted by molar-refractivity contribution is 7.92. The molecular weight excluding hydrogens is 510 g/mol. The fourth-order valence-corrected chi connectivity index (χ4v) is 6.59. The Bertz CT molecular complexity index is 1540. The number of piperidine rings is 1. The van der Waals surface area contributed by atoms with Crippen LogP contribution in [0.2, 0.25) is 0 Å². The number of nitrogens with one attached hydrogen (secondary N) is 1. The first-order valence-corrected chi connectivity index (χ1v) is 15.3. The molecule has 1 aliphatic heterocycles. The number of sulfonamides is 1. The quantitative estimate of drug-likeness (QED) is 0.487. The molecule has 3 aromatic carbocycles. The van der Waals surface area contributed by atoms with E-state index in [4.69, 9.17) is 5.26 Å². The Morgan fingerprint density at radius 1 is 0.973 bits per heavy atom. The normalized spacial score (nSPS) is 14.6. The van der Waals surface area contributed by atoms with E-state index < -0.39 is 19.9 Å². The summed E-state index contributed by atoms with van der Waals surface area (Å²) in [5, 5.41) is 8.99. The molecule has 1 aliphatic rings. The molecule has 0 spiro atoms. The highest BCUT2D eigenvalue weighted by Crippen LogP contribution is 2.30. The van der Waals surface area contributed by atoms with E-state index in [-0.39, 0.29) is 33.7 Å². The molecule has 0 saturated carbocycles. The predicted molar refractivity (Wildman–Crippen MR) is 141 cm³/mol. The second kappa shape index (κ2) is 10.7. The van der Waals surface area contributed by atoms with Gasteiger partial charge in [0.25, 0.3) is 5.91 Å². The van der Waals surface area contributed by atoms with Crippen LogP contribution in [-0.2, 0) is 25.6 Å². The summed E-state index contributed by atoms with van der Waals surface area (Å²) < 4.78 is 52.7. The third-order valence-corrected chi connectivity index (χ3v) is 8.78. The maximum Gasteiger partial charge on any atom is 0.253 e. The summed E-state index contributed by atoms with van der Waals surface area (Å²) in [7, 11) is -7.70. The summed E-state index contributed by atoms with van der Waals surface area (Å²) in [4.78, 5) is 14.8. The maximum atomic E-state index is 13.3.